The van der Waals surface area contributed by atoms with E-state index < -0.39 is 0 Å². The molecule has 0 saturated carbocycles. The van der Waals surface area contributed by atoms with Crippen LogP contribution in [0.2, 0.25) is 0 Å². The Bertz CT molecular complexity index is 271. The van der Waals surface area contributed by atoms with Gasteiger partial charge in [0.05, 0.1) is 5.56 Å². The zero-order valence-electron chi connectivity index (χ0n) is 5.95. The van der Waals surface area contributed by atoms with Gasteiger partial charge in [-0.25, -0.2) is 0 Å². The van der Waals surface area contributed by atoms with E-state index in [-0.39, 0.29) is 5.75 Å². The van der Waals surface area contributed by atoms with Crippen LogP contribution in [0.1, 0.15) is 15.9 Å². The van der Waals surface area contributed by atoms with Crippen molar-refractivity contribution >= 4 is 6.29 Å². The number of aromatic hydroxyl groups is 1. The summed E-state index contributed by atoms with van der Waals surface area (Å²) in [5.41, 5.74) is 6.42. The van der Waals surface area contributed by atoms with Gasteiger partial charge in [0.15, 0.2) is 6.29 Å². The highest BCUT2D eigenvalue weighted by Crippen LogP contribution is 2.15. The van der Waals surface area contributed by atoms with Crippen LogP contribution in [0.4, 0.5) is 0 Å². The van der Waals surface area contributed by atoms with Crippen molar-refractivity contribution in [2.24, 2.45) is 5.73 Å². The summed E-state index contributed by atoms with van der Waals surface area (Å²) in [5, 5.41) is 9.14. The molecule has 3 N–H and O–H groups in total. The van der Waals surface area contributed by atoms with E-state index in [0.717, 1.165) is 5.56 Å². The first-order chi connectivity index (χ1) is 5.27. The number of hydrogen-bond acceptors (Lipinski definition) is 3. The lowest BCUT2D eigenvalue weighted by Crippen LogP contribution is -1.96. The molecule has 0 aliphatic rings. The second-order valence-corrected chi connectivity index (χ2v) is 2.22. The van der Waals surface area contributed by atoms with Crippen LogP contribution in [0.3, 0.4) is 0 Å². The molecule has 3 heteroatoms. The van der Waals surface area contributed by atoms with Crippen LogP contribution in [-0.4, -0.2) is 11.4 Å². The maximum absolute atomic E-state index is 10.2. The Kier molecular flexibility index (Phi) is 2.23. The summed E-state index contributed by atoms with van der Waals surface area (Å²) in [5.74, 6) is -0.0112. The zero-order chi connectivity index (χ0) is 8.27. The standard InChI is InChI=1S/C8H9NO2/c9-4-6-1-2-7(5-10)8(11)3-6/h1-3,5,11H,4,9H2. The monoisotopic (exact) mass is 151 g/mol. The third kappa shape index (κ3) is 1.56. The van der Waals surface area contributed by atoms with Crippen molar-refractivity contribution in [2.45, 2.75) is 6.54 Å². The number of phenols is 1. The van der Waals surface area contributed by atoms with Crippen LogP contribution in [0, 0.1) is 0 Å². The van der Waals surface area contributed by atoms with Gasteiger partial charge in [0.1, 0.15) is 5.75 Å². The molecule has 1 rings (SSSR count). The van der Waals surface area contributed by atoms with Crippen molar-refractivity contribution in [2.75, 3.05) is 0 Å². The summed E-state index contributed by atoms with van der Waals surface area (Å²) in [6, 6.07) is 4.75. The average Bonchev–Trinajstić information content (AvgIpc) is 2.04. The Hall–Kier alpha value is -1.35. The molecule has 0 atom stereocenters. The fourth-order valence-corrected chi connectivity index (χ4v) is 0.816. The molecular weight excluding hydrogens is 142 g/mol. The van der Waals surface area contributed by atoms with Gasteiger partial charge in [0.25, 0.3) is 0 Å². The summed E-state index contributed by atoms with van der Waals surface area (Å²) in [7, 11) is 0. The quantitative estimate of drug-likeness (QED) is 0.610. The second-order valence-electron chi connectivity index (χ2n) is 2.22. The molecule has 0 spiro atoms. The van der Waals surface area contributed by atoms with Gasteiger partial charge in [-0.05, 0) is 17.7 Å². The molecule has 0 fully saturated rings. The van der Waals surface area contributed by atoms with Crippen molar-refractivity contribution in [3.05, 3.63) is 29.3 Å². The van der Waals surface area contributed by atoms with Crippen LogP contribution >= 0.6 is 0 Å². The Labute approximate surface area is 64.5 Å². The summed E-state index contributed by atoms with van der Waals surface area (Å²) < 4.78 is 0. The molecule has 1 aromatic rings. The molecule has 58 valence electrons. The number of carbonyl (C=O) groups is 1. The molecule has 0 aromatic heterocycles. The van der Waals surface area contributed by atoms with Gasteiger partial charge in [-0.15, -0.1) is 0 Å². The molecule has 0 aliphatic carbocycles. The lowest BCUT2D eigenvalue weighted by molar-refractivity contribution is 0.112. The Morgan fingerprint density at radius 2 is 2.27 bits per heavy atom. The van der Waals surface area contributed by atoms with Gasteiger partial charge in [-0.3, -0.25) is 4.79 Å². The van der Waals surface area contributed by atoms with Crippen LogP contribution in [-0.2, 0) is 6.54 Å². The van der Waals surface area contributed by atoms with Gasteiger partial charge < -0.3 is 10.8 Å². The van der Waals surface area contributed by atoms with Crippen LogP contribution < -0.4 is 5.73 Å². The molecule has 0 heterocycles. The molecule has 0 saturated heterocycles. The van der Waals surface area contributed by atoms with E-state index in [1.54, 1.807) is 12.1 Å². The van der Waals surface area contributed by atoms with Crippen molar-refractivity contribution in [1.29, 1.82) is 0 Å². The van der Waals surface area contributed by atoms with E-state index in [1.165, 1.54) is 6.07 Å². The summed E-state index contributed by atoms with van der Waals surface area (Å²) in [6.45, 7) is 0.368. The highest BCUT2D eigenvalue weighted by atomic mass is 16.3. The average molecular weight is 151 g/mol. The first-order valence-electron chi connectivity index (χ1n) is 3.25. The van der Waals surface area contributed by atoms with E-state index in [4.69, 9.17) is 10.8 Å². The molecule has 0 aliphatic heterocycles. The fraction of sp³-hybridized carbons (Fsp3) is 0.125. The number of nitrogens with two attached hydrogens (primary N) is 1. The summed E-state index contributed by atoms with van der Waals surface area (Å²) >= 11 is 0. The maximum Gasteiger partial charge on any atom is 0.153 e. The molecule has 0 unspecified atom stereocenters. The highest BCUT2D eigenvalue weighted by molar-refractivity contribution is 5.79. The van der Waals surface area contributed by atoms with E-state index in [0.29, 0.717) is 18.4 Å². The number of rotatable bonds is 2. The second kappa shape index (κ2) is 3.16. The third-order valence-electron chi connectivity index (χ3n) is 1.46. The van der Waals surface area contributed by atoms with Crippen molar-refractivity contribution < 1.29 is 9.90 Å². The predicted molar refractivity (Wildman–Crippen MR) is 41.4 cm³/mol. The first kappa shape index (κ1) is 7.75. The molecular formula is C8H9NO2. The SMILES string of the molecule is NCc1ccc(C=O)c(O)c1. The summed E-state index contributed by atoms with van der Waals surface area (Å²) in [6.07, 6.45) is 0.607. The van der Waals surface area contributed by atoms with Gasteiger partial charge in [0, 0.05) is 6.54 Å². The largest absolute Gasteiger partial charge is 0.507 e. The van der Waals surface area contributed by atoms with Crippen molar-refractivity contribution in [3.8, 4) is 5.75 Å². The van der Waals surface area contributed by atoms with Gasteiger partial charge in [-0.1, -0.05) is 6.07 Å². The smallest absolute Gasteiger partial charge is 0.153 e. The zero-order valence-corrected chi connectivity index (χ0v) is 5.95. The Morgan fingerprint density at radius 3 is 2.73 bits per heavy atom. The minimum absolute atomic E-state index is 0.0112. The molecule has 0 amide bonds. The van der Waals surface area contributed by atoms with E-state index in [2.05, 4.69) is 0 Å². The third-order valence-corrected chi connectivity index (χ3v) is 1.46. The summed E-state index contributed by atoms with van der Waals surface area (Å²) in [4.78, 5) is 10.2. The highest BCUT2D eigenvalue weighted by Gasteiger charge is 1.98. The maximum atomic E-state index is 10.2. The number of carbonyl (C=O) groups excluding carboxylic acids is 1. The number of hydrogen-bond donors (Lipinski definition) is 2. The van der Waals surface area contributed by atoms with E-state index in [1.807, 2.05) is 0 Å². The minimum Gasteiger partial charge on any atom is -0.507 e. The fourth-order valence-electron chi connectivity index (χ4n) is 0.816. The molecule has 3 nitrogen and oxygen atoms in total. The van der Waals surface area contributed by atoms with Gasteiger partial charge in [0.2, 0.25) is 0 Å². The lowest BCUT2D eigenvalue weighted by atomic mass is 10.1. The van der Waals surface area contributed by atoms with Gasteiger partial charge >= 0.3 is 0 Å². The van der Waals surface area contributed by atoms with E-state index >= 15 is 0 Å². The first-order valence-corrected chi connectivity index (χ1v) is 3.25. The molecule has 1 aromatic carbocycles. The predicted octanol–water partition coefficient (Wildman–Crippen LogP) is 0.663. The molecule has 11 heavy (non-hydrogen) atoms. The van der Waals surface area contributed by atoms with Gasteiger partial charge in [-0.2, -0.15) is 0 Å². The molecule has 0 radical (unpaired) electrons. The number of phenolic OH excluding ortho intramolecular Hbond substituents is 1. The number of benzene rings is 1. The van der Waals surface area contributed by atoms with Crippen LogP contribution in [0.25, 0.3) is 0 Å². The van der Waals surface area contributed by atoms with E-state index in [9.17, 15) is 4.79 Å². The Morgan fingerprint density at radius 1 is 1.55 bits per heavy atom. The minimum atomic E-state index is -0.0112. The van der Waals surface area contributed by atoms with Crippen molar-refractivity contribution in [1.82, 2.24) is 0 Å². The topological polar surface area (TPSA) is 63.3 Å². The van der Waals surface area contributed by atoms with Crippen molar-refractivity contribution in [3.63, 3.8) is 0 Å². The normalized spacial score (nSPS) is 9.55. The van der Waals surface area contributed by atoms with Crippen LogP contribution in [0.15, 0.2) is 18.2 Å². The molecule has 0 bridgehead atoms. The van der Waals surface area contributed by atoms with Crippen LogP contribution in [0.5, 0.6) is 5.75 Å². The Balaban J connectivity index is 3.09. The lowest BCUT2D eigenvalue weighted by Gasteiger charge is -1.99. The number of aldehydes is 1.